The summed E-state index contributed by atoms with van der Waals surface area (Å²) >= 11 is 4.15. The highest BCUT2D eigenvalue weighted by molar-refractivity contribution is 9.10. The molecule has 2 aromatic rings. The van der Waals surface area contributed by atoms with Crippen molar-refractivity contribution in [3.05, 3.63) is 33.5 Å². The van der Waals surface area contributed by atoms with Crippen molar-refractivity contribution in [2.45, 2.75) is 11.8 Å². The number of nitrogen functional groups attached to an aromatic ring is 1. The molecule has 0 saturated carbocycles. The summed E-state index contributed by atoms with van der Waals surface area (Å²) in [5, 5.41) is 1.86. The van der Waals surface area contributed by atoms with E-state index in [0.29, 0.717) is 10.2 Å². The maximum Gasteiger partial charge on any atom is 0.266 e. The lowest BCUT2D eigenvalue weighted by Crippen LogP contribution is -2.15. The Labute approximate surface area is 121 Å². The van der Waals surface area contributed by atoms with E-state index in [1.54, 1.807) is 12.3 Å². The fourth-order valence-electron chi connectivity index (χ4n) is 1.32. The lowest BCUT2D eigenvalue weighted by molar-refractivity contribution is 0.570. The van der Waals surface area contributed by atoms with Gasteiger partial charge in [0.2, 0.25) is 0 Å². The normalized spacial score (nSPS) is 11.5. The maximum atomic E-state index is 13.7. The van der Waals surface area contributed by atoms with Crippen LogP contribution < -0.4 is 10.5 Å². The van der Waals surface area contributed by atoms with Crippen LogP contribution in [0.4, 0.5) is 15.2 Å². The van der Waals surface area contributed by atoms with Crippen molar-refractivity contribution in [1.29, 1.82) is 0 Å². The molecule has 0 aliphatic rings. The number of aryl methyl sites for hydroxylation is 1. The molecule has 1 heterocycles. The minimum atomic E-state index is -4.05. The summed E-state index contributed by atoms with van der Waals surface area (Å²) in [5.41, 5.74) is 6.38. The molecule has 0 unspecified atom stereocenters. The van der Waals surface area contributed by atoms with Crippen molar-refractivity contribution in [1.82, 2.24) is 4.98 Å². The van der Waals surface area contributed by atoms with Gasteiger partial charge in [-0.05, 0) is 35.0 Å². The van der Waals surface area contributed by atoms with Gasteiger partial charge in [0.25, 0.3) is 10.0 Å². The van der Waals surface area contributed by atoms with Crippen molar-refractivity contribution >= 4 is 48.1 Å². The fourth-order valence-corrected chi connectivity index (χ4v) is 3.67. The molecule has 0 bridgehead atoms. The molecule has 0 amide bonds. The van der Waals surface area contributed by atoms with Crippen LogP contribution in [-0.2, 0) is 10.0 Å². The highest BCUT2D eigenvalue weighted by Crippen LogP contribution is 2.28. The van der Waals surface area contributed by atoms with Crippen LogP contribution in [0.1, 0.15) is 5.69 Å². The number of aromatic nitrogens is 1. The highest BCUT2D eigenvalue weighted by Gasteiger charge is 2.21. The van der Waals surface area contributed by atoms with Gasteiger partial charge in [0.05, 0.1) is 5.69 Å². The zero-order valence-electron chi connectivity index (χ0n) is 9.65. The predicted octanol–water partition coefficient (Wildman–Crippen LogP) is 2.74. The molecule has 102 valence electrons. The number of thiazole rings is 1. The number of hydrogen-bond acceptors (Lipinski definition) is 5. The summed E-state index contributed by atoms with van der Waals surface area (Å²) < 4.78 is 40.3. The van der Waals surface area contributed by atoms with E-state index < -0.39 is 20.7 Å². The smallest absolute Gasteiger partial charge is 0.266 e. The summed E-state index contributed by atoms with van der Waals surface area (Å²) in [4.78, 5) is 3.44. The molecule has 0 radical (unpaired) electrons. The molecule has 0 fully saturated rings. The lowest BCUT2D eigenvalue weighted by atomic mass is 10.3. The summed E-state index contributed by atoms with van der Waals surface area (Å²) in [6.45, 7) is 1.73. The van der Waals surface area contributed by atoms with Gasteiger partial charge in [-0.1, -0.05) is 0 Å². The third-order valence-electron chi connectivity index (χ3n) is 2.18. The molecule has 19 heavy (non-hydrogen) atoms. The van der Waals surface area contributed by atoms with E-state index in [1.807, 2.05) is 0 Å². The van der Waals surface area contributed by atoms with Gasteiger partial charge in [-0.2, -0.15) is 0 Å². The standard InChI is InChI=1S/C10H9BrFN3O2S2/c1-5-4-18-10(14-5)15-19(16,17)9-3-8(13)6(11)2-7(9)12/h2-4H,13H2,1H3,(H,14,15). The van der Waals surface area contributed by atoms with Gasteiger partial charge in [0.15, 0.2) is 5.13 Å². The molecular weight excluding hydrogens is 357 g/mol. The molecular formula is C10H9BrFN3O2S2. The second kappa shape index (κ2) is 5.06. The molecule has 0 atom stereocenters. The van der Waals surface area contributed by atoms with Crippen LogP contribution in [0, 0.1) is 12.7 Å². The zero-order valence-corrected chi connectivity index (χ0v) is 12.9. The molecule has 0 spiro atoms. The van der Waals surface area contributed by atoms with Gasteiger partial charge >= 0.3 is 0 Å². The van der Waals surface area contributed by atoms with Crippen LogP contribution in [0.15, 0.2) is 26.9 Å². The van der Waals surface area contributed by atoms with Gasteiger partial charge < -0.3 is 5.73 Å². The molecule has 3 N–H and O–H groups in total. The second-order valence-corrected chi connectivity index (χ2v) is 7.07. The monoisotopic (exact) mass is 365 g/mol. The van der Waals surface area contributed by atoms with Crippen molar-refractivity contribution < 1.29 is 12.8 Å². The predicted molar refractivity (Wildman–Crippen MR) is 76.2 cm³/mol. The van der Waals surface area contributed by atoms with Gasteiger partial charge in [0.1, 0.15) is 10.7 Å². The van der Waals surface area contributed by atoms with Crippen LogP contribution in [0.5, 0.6) is 0 Å². The minimum Gasteiger partial charge on any atom is -0.398 e. The molecule has 0 saturated heterocycles. The van der Waals surface area contributed by atoms with Crippen LogP contribution >= 0.6 is 27.3 Å². The van der Waals surface area contributed by atoms with Crippen LogP contribution in [0.3, 0.4) is 0 Å². The first-order chi connectivity index (χ1) is 8.79. The molecule has 2 rings (SSSR count). The topological polar surface area (TPSA) is 85.1 Å². The number of nitrogens with two attached hydrogens (primary N) is 1. The number of sulfonamides is 1. The number of hydrogen-bond donors (Lipinski definition) is 2. The molecule has 0 aliphatic carbocycles. The number of rotatable bonds is 3. The van der Waals surface area contributed by atoms with Crippen molar-refractivity contribution in [3.63, 3.8) is 0 Å². The molecule has 9 heteroatoms. The molecule has 1 aromatic heterocycles. The Kier molecular flexibility index (Phi) is 3.79. The number of nitrogens with zero attached hydrogens (tertiary/aromatic N) is 1. The molecule has 5 nitrogen and oxygen atoms in total. The van der Waals surface area contributed by atoms with Gasteiger partial charge in [-0.15, -0.1) is 11.3 Å². The van der Waals surface area contributed by atoms with E-state index in [2.05, 4.69) is 25.6 Å². The maximum absolute atomic E-state index is 13.7. The first-order valence-electron chi connectivity index (χ1n) is 4.99. The van der Waals surface area contributed by atoms with E-state index in [-0.39, 0.29) is 10.8 Å². The SMILES string of the molecule is Cc1csc(NS(=O)(=O)c2cc(N)c(Br)cc2F)n1. The Balaban J connectivity index is 2.42. The minimum absolute atomic E-state index is 0.136. The number of anilines is 2. The van der Waals surface area contributed by atoms with E-state index in [1.165, 1.54) is 0 Å². The average molecular weight is 366 g/mol. The van der Waals surface area contributed by atoms with Crippen molar-refractivity contribution in [3.8, 4) is 0 Å². The van der Waals surface area contributed by atoms with Gasteiger partial charge in [-0.3, -0.25) is 4.72 Å². The zero-order chi connectivity index (χ0) is 14.2. The molecule has 1 aromatic carbocycles. The first-order valence-corrected chi connectivity index (χ1v) is 8.14. The van der Waals surface area contributed by atoms with Crippen molar-refractivity contribution in [2.75, 3.05) is 10.5 Å². The highest BCUT2D eigenvalue weighted by atomic mass is 79.9. The average Bonchev–Trinajstić information content (AvgIpc) is 2.68. The fraction of sp³-hybridized carbons (Fsp3) is 0.100. The summed E-state index contributed by atoms with van der Waals surface area (Å²) in [5.74, 6) is -0.887. The Morgan fingerprint density at radius 1 is 1.47 bits per heavy atom. The number of halogens is 2. The van der Waals surface area contributed by atoms with Crippen molar-refractivity contribution in [2.24, 2.45) is 0 Å². The van der Waals surface area contributed by atoms with E-state index in [9.17, 15) is 12.8 Å². The van der Waals surface area contributed by atoms with E-state index in [0.717, 1.165) is 23.5 Å². The lowest BCUT2D eigenvalue weighted by Gasteiger charge is -2.08. The van der Waals surface area contributed by atoms with Crippen LogP contribution in [0.2, 0.25) is 0 Å². The van der Waals surface area contributed by atoms with Gasteiger partial charge in [0, 0.05) is 15.5 Å². The second-order valence-electron chi connectivity index (χ2n) is 3.70. The largest absolute Gasteiger partial charge is 0.398 e. The Hall–Kier alpha value is -1.19. The number of benzene rings is 1. The Bertz CT molecular complexity index is 730. The van der Waals surface area contributed by atoms with E-state index >= 15 is 0 Å². The Morgan fingerprint density at radius 3 is 2.74 bits per heavy atom. The van der Waals surface area contributed by atoms with E-state index in [4.69, 9.17) is 5.73 Å². The number of nitrogens with one attached hydrogen (secondary N) is 1. The summed E-state index contributed by atoms with van der Waals surface area (Å²) in [6, 6.07) is 2.07. The third-order valence-corrected chi connectivity index (χ3v) is 5.23. The summed E-state index contributed by atoms with van der Waals surface area (Å²) in [7, 11) is -4.05. The third kappa shape index (κ3) is 3.04. The summed E-state index contributed by atoms with van der Waals surface area (Å²) in [6.07, 6.45) is 0. The van der Waals surface area contributed by atoms with Crippen LogP contribution in [-0.4, -0.2) is 13.4 Å². The van der Waals surface area contributed by atoms with Crippen LogP contribution in [0.25, 0.3) is 0 Å². The Morgan fingerprint density at radius 2 is 2.16 bits per heavy atom. The first kappa shape index (κ1) is 14.2. The molecule has 0 aliphatic heterocycles. The van der Waals surface area contributed by atoms with Gasteiger partial charge in [-0.25, -0.2) is 17.8 Å². The quantitative estimate of drug-likeness (QED) is 0.818.